The van der Waals surface area contributed by atoms with Crippen LogP contribution in [-0.4, -0.2) is 30.9 Å². The van der Waals surface area contributed by atoms with Gasteiger partial charge in [0.2, 0.25) is 0 Å². The van der Waals surface area contributed by atoms with Crippen molar-refractivity contribution in [2.45, 2.75) is 12.7 Å². The second-order valence-corrected chi connectivity index (χ2v) is 5.07. The number of carboxylic acid groups (broad SMARTS) is 1. The maximum Gasteiger partial charge on any atom is 0.573 e. The number of alkyl halides is 6. The summed E-state index contributed by atoms with van der Waals surface area (Å²) < 4.78 is 105. The van der Waals surface area contributed by atoms with Gasteiger partial charge >= 0.3 is 18.7 Å². The van der Waals surface area contributed by atoms with E-state index in [1.165, 1.54) is 0 Å². The lowest BCUT2D eigenvalue weighted by molar-refractivity contribution is -0.276. The topological polar surface area (TPSA) is 74.2 Å². The number of benzene rings is 2. The first-order valence-corrected chi connectivity index (χ1v) is 7.24. The summed E-state index contributed by atoms with van der Waals surface area (Å²) in [5.41, 5.74) is -1.30. The van der Waals surface area contributed by atoms with Crippen LogP contribution in [0.25, 0.3) is 0 Å². The van der Waals surface area contributed by atoms with E-state index in [0.717, 1.165) is 25.3 Å². The Hall–Kier alpha value is -3.38. The minimum atomic E-state index is -5.28. The molecule has 0 saturated carbocycles. The van der Waals surface area contributed by atoms with Gasteiger partial charge in [0.05, 0.1) is 7.11 Å². The monoisotopic (exact) mass is 430 g/mol. The van der Waals surface area contributed by atoms with Gasteiger partial charge in [-0.2, -0.15) is 0 Å². The van der Waals surface area contributed by atoms with Gasteiger partial charge < -0.3 is 24.1 Å². The molecule has 6 nitrogen and oxygen atoms in total. The minimum absolute atomic E-state index is 0.362. The van der Waals surface area contributed by atoms with Crippen LogP contribution < -0.4 is 18.9 Å². The number of aromatic carboxylic acids is 1. The summed E-state index contributed by atoms with van der Waals surface area (Å²) in [4.78, 5) is 11.3. The summed E-state index contributed by atoms with van der Waals surface area (Å²) >= 11 is 0. The minimum Gasteiger partial charge on any atom is -0.493 e. The first kappa shape index (κ1) is 21.9. The van der Waals surface area contributed by atoms with Gasteiger partial charge in [0.15, 0.2) is 23.1 Å². The number of hydrogen-bond acceptors (Lipinski definition) is 5. The molecule has 13 heteroatoms. The standard InChI is InChI=1S/C16H9F7O6/c1-26-11-6-7(28-15(18,19)20)2-3-8(11)27-9-4-5-10(29-16(21,22)23)13(17)12(9)14(24)25/h2-6H,1H3,(H,24,25). The van der Waals surface area contributed by atoms with E-state index in [4.69, 9.17) is 14.6 Å². The van der Waals surface area contributed by atoms with Gasteiger partial charge in [-0.15, -0.1) is 26.3 Å². The SMILES string of the molecule is COc1cc(OC(F)(F)F)ccc1Oc1ccc(OC(F)(F)F)c(F)c1C(=O)O. The van der Waals surface area contributed by atoms with Crippen LogP contribution in [0.15, 0.2) is 30.3 Å². The third kappa shape index (κ3) is 5.80. The first-order chi connectivity index (χ1) is 13.3. The number of carbonyl (C=O) groups is 1. The van der Waals surface area contributed by atoms with Crippen LogP contribution in [0.5, 0.6) is 28.7 Å². The molecular weight excluding hydrogens is 421 g/mol. The fourth-order valence-electron chi connectivity index (χ4n) is 2.07. The Kier molecular flexibility index (Phi) is 5.99. The van der Waals surface area contributed by atoms with Gasteiger partial charge in [-0.1, -0.05) is 0 Å². The molecule has 0 aliphatic carbocycles. The molecule has 0 atom stereocenters. The quantitative estimate of drug-likeness (QED) is 0.642. The lowest BCUT2D eigenvalue weighted by Gasteiger charge is -2.16. The third-order valence-electron chi connectivity index (χ3n) is 3.10. The average Bonchev–Trinajstić information content (AvgIpc) is 2.56. The lowest BCUT2D eigenvalue weighted by Crippen LogP contribution is -2.19. The molecule has 0 unspecified atom stereocenters. The van der Waals surface area contributed by atoms with Crippen molar-refractivity contribution >= 4 is 5.97 Å². The third-order valence-corrected chi connectivity index (χ3v) is 3.10. The number of hydrogen-bond donors (Lipinski definition) is 1. The molecule has 0 saturated heterocycles. The smallest absolute Gasteiger partial charge is 0.493 e. The summed E-state index contributed by atoms with van der Waals surface area (Å²) in [6.07, 6.45) is -10.3. The van der Waals surface area contributed by atoms with E-state index in [1.807, 2.05) is 0 Å². The Morgan fingerprint density at radius 3 is 1.93 bits per heavy atom. The Bertz CT molecular complexity index is 908. The van der Waals surface area contributed by atoms with E-state index in [2.05, 4.69) is 9.47 Å². The fraction of sp³-hybridized carbons (Fsp3) is 0.188. The first-order valence-electron chi connectivity index (χ1n) is 7.24. The largest absolute Gasteiger partial charge is 0.573 e. The van der Waals surface area contributed by atoms with Gasteiger partial charge in [-0.05, 0) is 24.3 Å². The molecule has 158 valence electrons. The molecule has 0 aliphatic heterocycles. The average molecular weight is 430 g/mol. The predicted molar refractivity (Wildman–Crippen MR) is 79.8 cm³/mol. The number of halogens is 7. The van der Waals surface area contributed by atoms with Crippen molar-refractivity contribution in [1.29, 1.82) is 0 Å². The van der Waals surface area contributed by atoms with Crippen LogP contribution in [0.3, 0.4) is 0 Å². The summed E-state index contributed by atoms with van der Waals surface area (Å²) in [6.45, 7) is 0. The number of rotatable bonds is 6. The van der Waals surface area contributed by atoms with Crippen LogP contribution in [0, 0.1) is 5.82 Å². The zero-order valence-corrected chi connectivity index (χ0v) is 14.0. The summed E-state index contributed by atoms with van der Waals surface area (Å²) in [5, 5.41) is 9.11. The lowest BCUT2D eigenvalue weighted by atomic mass is 10.1. The van der Waals surface area contributed by atoms with Crippen molar-refractivity contribution in [3.05, 3.63) is 41.7 Å². The van der Waals surface area contributed by atoms with Gasteiger partial charge in [-0.25, -0.2) is 9.18 Å². The van der Waals surface area contributed by atoms with Gasteiger partial charge in [-0.3, -0.25) is 0 Å². The van der Waals surface area contributed by atoms with Crippen molar-refractivity contribution in [2.75, 3.05) is 7.11 Å². The predicted octanol–water partition coefficient (Wildman–Crippen LogP) is 5.12. The molecular formula is C16H9F7O6. The number of ether oxygens (including phenoxy) is 4. The van der Waals surface area contributed by atoms with Gasteiger partial charge in [0.25, 0.3) is 0 Å². The highest BCUT2D eigenvalue weighted by Crippen LogP contribution is 2.39. The van der Waals surface area contributed by atoms with Crippen molar-refractivity contribution in [3.8, 4) is 28.7 Å². The van der Waals surface area contributed by atoms with E-state index in [1.54, 1.807) is 0 Å². The maximum atomic E-state index is 14.2. The highest BCUT2D eigenvalue weighted by atomic mass is 19.4. The fourth-order valence-corrected chi connectivity index (χ4v) is 2.07. The van der Waals surface area contributed by atoms with E-state index in [0.29, 0.717) is 12.1 Å². The molecule has 0 aromatic heterocycles. The highest BCUT2D eigenvalue weighted by Gasteiger charge is 2.35. The molecule has 2 aromatic carbocycles. The molecule has 0 radical (unpaired) electrons. The van der Waals surface area contributed by atoms with E-state index >= 15 is 0 Å². The Morgan fingerprint density at radius 2 is 1.41 bits per heavy atom. The summed E-state index contributed by atoms with van der Waals surface area (Å²) in [5.74, 6) is -7.45. The normalized spacial score (nSPS) is 11.7. The van der Waals surface area contributed by atoms with Crippen LogP contribution in [0.1, 0.15) is 10.4 Å². The molecule has 1 N–H and O–H groups in total. The van der Waals surface area contributed by atoms with Gasteiger partial charge in [0.1, 0.15) is 17.1 Å². The molecule has 0 heterocycles. The molecule has 0 amide bonds. The van der Waals surface area contributed by atoms with E-state index in [9.17, 15) is 35.5 Å². The van der Waals surface area contributed by atoms with Crippen LogP contribution >= 0.6 is 0 Å². The Balaban J connectivity index is 2.43. The van der Waals surface area contributed by atoms with Gasteiger partial charge in [0, 0.05) is 6.07 Å². The Morgan fingerprint density at radius 1 is 0.862 bits per heavy atom. The van der Waals surface area contributed by atoms with Crippen LogP contribution in [0.4, 0.5) is 30.7 Å². The molecule has 29 heavy (non-hydrogen) atoms. The highest BCUT2D eigenvalue weighted by molar-refractivity contribution is 5.92. The van der Waals surface area contributed by atoms with Crippen molar-refractivity contribution in [1.82, 2.24) is 0 Å². The molecule has 0 aliphatic rings. The molecule has 0 fully saturated rings. The van der Waals surface area contributed by atoms with Crippen molar-refractivity contribution in [3.63, 3.8) is 0 Å². The summed E-state index contributed by atoms with van der Waals surface area (Å²) in [6, 6.07) is 3.58. The second-order valence-electron chi connectivity index (χ2n) is 5.07. The van der Waals surface area contributed by atoms with E-state index in [-0.39, 0.29) is 11.5 Å². The zero-order valence-electron chi connectivity index (χ0n) is 14.0. The zero-order chi connectivity index (χ0) is 22.0. The molecule has 0 bridgehead atoms. The van der Waals surface area contributed by atoms with Crippen molar-refractivity contribution in [2.24, 2.45) is 0 Å². The summed E-state index contributed by atoms with van der Waals surface area (Å²) in [7, 11) is 1.04. The maximum absolute atomic E-state index is 14.2. The Labute approximate surface area is 157 Å². The molecule has 2 aromatic rings. The second kappa shape index (κ2) is 7.93. The molecule has 0 spiro atoms. The number of carboxylic acids is 1. The van der Waals surface area contributed by atoms with Crippen molar-refractivity contribution < 1.29 is 59.6 Å². The number of methoxy groups -OCH3 is 1. The van der Waals surface area contributed by atoms with E-state index < -0.39 is 47.3 Å². The van der Waals surface area contributed by atoms with Crippen LogP contribution in [0.2, 0.25) is 0 Å². The molecule has 2 rings (SSSR count). The van der Waals surface area contributed by atoms with Crippen LogP contribution in [-0.2, 0) is 0 Å².